The van der Waals surface area contributed by atoms with Gasteiger partial charge in [-0.3, -0.25) is 91.7 Å². The van der Waals surface area contributed by atoms with Crippen molar-refractivity contribution in [3.8, 4) is 5.75 Å². The van der Waals surface area contributed by atoms with E-state index in [9.17, 15) is 68.1 Å². The number of carboxylic acid groups (broad SMARTS) is 2. The molecule has 44 heteroatoms. The molecule has 0 aliphatic carbocycles. The molecule has 0 saturated carbocycles. The van der Waals surface area contributed by atoms with Crippen LogP contribution in [0, 0.1) is 23.2 Å². The number of aromatic nitrogens is 1. The Bertz CT molecular complexity index is 4660. The first-order valence-corrected chi connectivity index (χ1v) is 44.6. The maximum atomic E-state index is 15.5. The number of hydrogen-bond donors (Lipinski definition) is 23. The predicted molar refractivity (Wildman–Crippen MR) is 476 cm³/mol. The zero-order valence-corrected chi connectivity index (χ0v) is 74.5. The van der Waals surface area contributed by atoms with Crippen LogP contribution in [-0.2, 0) is 106 Å². The lowest BCUT2D eigenvalue weighted by atomic mass is 9.98. The zero-order valence-electron chi connectivity index (χ0n) is 72.8. The van der Waals surface area contributed by atoms with E-state index in [-0.39, 0.29) is 108 Å². The number of thiol groups is 1. The van der Waals surface area contributed by atoms with Gasteiger partial charge in [0.25, 0.3) is 0 Å². The van der Waals surface area contributed by atoms with Crippen LogP contribution in [0.15, 0.2) is 85.1 Å². The van der Waals surface area contributed by atoms with Crippen molar-refractivity contribution in [2.45, 2.75) is 222 Å². The van der Waals surface area contributed by atoms with Crippen LogP contribution < -0.4 is 91.6 Å². The third kappa shape index (κ3) is 32.9. The van der Waals surface area contributed by atoms with Crippen LogP contribution in [0.4, 0.5) is 0 Å². The van der Waals surface area contributed by atoms with Gasteiger partial charge < -0.3 is 122 Å². The number of carbonyl (C=O) groups is 18. The van der Waals surface area contributed by atoms with Crippen LogP contribution in [0.1, 0.15) is 135 Å². The summed E-state index contributed by atoms with van der Waals surface area (Å²) in [6, 6.07) is -0.392. The van der Waals surface area contributed by atoms with E-state index in [1.54, 1.807) is 102 Å². The first-order valence-electron chi connectivity index (χ1n) is 42.8. The molecule has 0 spiro atoms. The van der Waals surface area contributed by atoms with Gasteiger partial charge >= 0.3 is 11.9 Å². The minimum absolute atomic E-state index is 0.0158. The lowest BCUT2D eigenvalue weighted by Crippen LogP contribution is -2.61. The van der Waals surface area contributed by atoms with Crippen LogP contribution in [-0.4, -0.2) is 277 Å². The number of nitrogens with zero attached hydrogens (tertiary/aromatic N) is 2. The number of aromatic hydroxyl groups is 1. The molecule has 129 heavy (non-hydrogen) atoms. The molecule has 16 amide bonds. The second kappa shape index (κ2) is 50.8. The second-order valence-electron chi connectivity index (χ2n) is 33.2. The van der Waals surface area contributed by atoms with Crippen LogP contribution in [0.5, 0.6) is 5.75 Å². The highest BCUT2D eigenvalue weighted by Crippen LogP contribution is 2.27. The van der Waals surface area contributed by atoms with E-state index in [4.69, 9.17) is 22.6 Å². The number of H-pyrrole nitrogens is 1. The van der Waals surface area contributed by atoms with Crippen LogP contribution in [0.3, 0.4) is 0 Å². The van der Waals surface area contributed by atoms with Gasteiger partial charge in [-0.1, -0.05) is 102 Å². The molecule has 14 atom stereocenters. The number of phenolic OH excluding ortho intramolecular Hbond substituents is 1. The molecule has 4 aromatic rings. The lowest BCUT2D eigenvalue weighted by molar-refractivity contribution is -0.147. The van der Waals surface area contributed by atoms with Gasteiger partial charge in [-0.15, -0.1) is 0 Å². The van der Waals surface area contributed by atoms with E-state index in [1.165, 1.54) is 34.1 Å². The Kier molecular flexibility index (Phi) is 40.7. The predicted octanol–water partition coefficient (Wildman–Crippen LogP) is -3.32. The van der Waals surface area contributed by atoms with Crippen LogP contribution >= 0.6 is 24.4 Å². The minimum atomic E-state index is -1.85. The molecule has 0 bridgehead atoms. The summed E-state index contributed by atoms with van der Waals surface area (Å²) in [4.78, 5) is 261. The molecule has 3 aromatic carbocycles. The minimum Gasteiger partial charge on any atom is -0.508 e. The molecule has 0 unspecified atom stereocenters. The normalized spacial score (nSPS) is 19.0. The molecule has 704 valence electrons. The van der Waals surface area contributed by atoms with Gasteiger partial charge in [-0.2, -0.15) is 24.4 Å². The maximum Gasteiger partial charge on any atom is 0.303 e. The molecule has 3 fully saturated rings. The standard InChI is InChI=1S/C85H121N21O21S2/c1-44(2)33-56(76(119)100-59(36-48-22-24-50(107)25-23-48)77(120)97-57(34-45(3)4)80(123)104-70(46(5)6)83(126)101-61(41-128)72(115)92-39-66(87)108)98-81(124)63-43-129-42-62(73(116)93-40-67(109)105-31-14-21-65(105)84(127)106-32-13-20-64(106)82(125)95-55(75(118)103-63)27-29-69(112)113)102-78(121)58(35-47-15-8-7-9-16-47)99-74(117)54(19-12-30-90-85(88)89)94-79(122)60(96-71(114)52(86)26-28-68(110)111)37-49-38-91-53-18-11-10-17-51(49)53/h7-11,15-18,22-25,38,44-46,52,54-65,70,91,107,128H,12-14,19-21,26-37,39-43,86H2,1-6H3,(H2,87,108)(H,92,115)(H,93,116)(H,94,122)(H,95,125)(H,96,114)(H,97,120)(H,98,124)(H,99,117)(H,100,119)(H,101,126)(H,102,121)(H,103,118)(H,104,123)(H,110,111)(H,112,113)(H4,88,89,90)/t52-,54-,55-,56-,57-,58-,59-,60-,61+,62-,63-,64-,65+,70-/m0/s1. The number of benzene rings is 3. The van der Waals surface area contributed by atoms with Crippen molar-refractivity contribution in [3.05, 3.63) is 102 Å². The van der Waals surface area contributed by atoms with Crippen molar-refractivity contribution >= 4 is 148 Å². The van der Waals surface area contributed by atoms with Gasteiger partial charge in [0.05, 0.1) is 19.1 Å². The number of hydrogen-bond acceptors (Lipinski definition) is 23. The van der Waals surface area contributed by atoms with Gasteiger partial charge in [0.1, 0.15) is 84.3 Å². The van der Waals surface area contributed by atoms with Crippen molar-refractivity contribution in [2.75, 3.05) is 50.0 Å². The van der Waals surface area contributed by atoms with E-state index in [0.29, 0.717) is 34.0 Å². The molecule has 3 aliphatic heterocycles. The summed E-state index contributed by atoms with van der Waals surface area (Å²) in [7, 11) is 0. The summed E-state index contributed by atoms with van der Waals surface area (Å²) in [5.41, 5.74) is 19.0. The van der Waals surface area contributed by atoms with E-state index in [0.717, 1.165) is 11.8 Å². The Hall–Kier alpha value is -12.6. The Morgan fingerprint density at radius 2 is 1.12 bits per heavy atom. The number of phenols is 1. The lowest BCUT2D eigenvalue weighted by Gasteiger charge is -2.32. The smallest absolute Gasteiger partial charge is 0.303 e. The Morgan fingerprint density at radius 1 is 0.566 bits per heavy atom. The van der Waals surface area contributed by atoms with Crippen molar-refractivity contribution in [1.29, 1.82) is 5.41 Å². The van der Waals surface area contributed by atoms with Crippen molar-refractivity contribution in [3.63, 3.8) is 0 Å². The molecule has 0 radical (unpaired) electrons. The first kappa shape index (κ1) is 103. The Morgan fingerprint density at radius 3 is 1.74 bits per heavy atom. The number of amides is 16. The topological polar surface area (TPSA) is 661 Å². The summed E-state index contributed by atoms with van der Waals surface area (Å²) in [5.74, 6) is -20.8. The largest absolute Gasteiger partial charge is 0.508 e. The number of aliphatic carboxylic acids is 2. The van der Waals surface area contributed by atoms with Gasteiger partial charge in [0, 0.05) is 86.1 Å². The Labute approximate surface area is 755 Å². The summed E-state index contributed by atoms with van der Waals surface area (Å²) < 4.78 is 0. The van der Waals surface area contributed by atoms with E-state index in [2.05, 4.69) is 92.0 Å². The van der Waals surface area contributed by atoms with Crippen molar-refractivity contribution in [1.82, 2.24) is 89.2 Å². The number of primary amides is 1. The second-order valence-corrected chi connectivity index (χ2v) is 34.7. The van der Waals surface area contributed by atoms with E-state index < -0.39 is 253 Å². The fourth-order valence-corrected chi connectivity index (χ4v) is 16.2. The SMILES string of the molecule is CC(C)C[C@H](NC(=O)[C@@H]1CSC[C@H](NC(=O)[C@H](Cc2ccccc2)NC(=O)[C@H](CCCNC(=N)N)NC(=O)[C@H](Cc2c[nH]c3ccccc23)NC(=O)[C@@H](N)CCC(=O)O)C(=O)NCC(=O)N2CCC[C@@H]2C(=O)N2CCC[C@H]2C(=O)N[C@@H](CCC(=O)O)C(=O)N1)C(=O)N[C@@H](Cc1ccc(O)cc1)C(=O)N[C@@H](CC(C)C)C(=O)N[C@H](C(=O)N[C@H](CS)C(=O)NCC(N)=O)C(C)C. The number of nitrogens with two attached hydrogens (primary N) is 3. The quantitative estimate of drug-likeness (QED) is 0.00892. The number of rotatable bonds is 43. The number of aromatic amines is 1. The Balaban J connectivity index is 1.25. The van der Waals surface area contributed by atoms with E-state index >= 15 is 33.6 Å². The van der Waals surface area contributed by atoms with Crippen molar-refractivity contribution in [2.24, 2.45) is 35.0 Å². The van der Waals surface area contributed by atoms with Crippen LogP contribution in [0.2, 0.25) is 0 Å². The summed E-state index contributed by atoms with van der Waals surface area (Å²) in [5, 5.41) is 74.9. The van der Waals surface area contributed by atoms with Crippen LogP contribution in [0.25, 0.3) is 10.9 Å². The highest BCUT2D eigenvalue weighted by atomic mass is 32.2. The average Bonchev–Trinajstić information content (AvgIpc) is 1.66. The zero-order chi connectivity index (χ0) is 94.9. The number of thioether (sulfide) groups is 1. The maximum absolute atomic E-state index is 15.5. The third-order valence-electron chi connectivity index (χ3n) is 21.7. The molecule has 25 N–H and O–H groups in total. The number of carboxylic acids is 2. The number of carbonyl (C=O) groups excluding carboxylic acids is 16. The van der Waals surface area contributed by atoms with Gasteiger partial charge in [-0.25, -0.2) is 0 Å². The highest BCUT2D eigenvalue weighted by Gasteiger charge is 2.45. The fourth-order valence-electron chi connectivity index (χ4n) is 14.9. The van der Waals surface area contributed by atoms with Gasteiger partial charge in [0.15, 0.2) is 5.96 Å². The molecule has 4 heterocycles. The average molecular weight is 1840 g/mol. The molecule has 3 aliphatic rings. The van der Waals surface area contributed by atoms with E-state index in [1.807, 2.05) is 0 Å². The molecule has 3 saturated heterocycles. The number of guanidine groups is 1. The number of fused-ring (bicyclic) bond motifs is 3. The molecule has 1 aromatic heterocycles. The third-order valence-corrected chi connectivity index (χ3v) is 23.2. The first-order chi connectivity index (χ1) is 61.2. The summed E-state index contributed by atoms with van der Waals surface area (Å²) in [6.45, 7) is 8.80. The molecular weight excluding hydrogens is 1720 g/mol. The molecular formula is C85H121N21O21S2. The van der Waals surface area contributed by atoms with Gasteiger partial charge in [0.2, 0.25) is 94.5 Å². The number of nitrogens with one attached hydrogen (secondary N) is 16. The van der Waals surface area contributed by atoms with Gasteiger partial charge in [-0.05, 0) is 117 Å². The highest BCUT2D eigenvalue weighted by molar-refractivity contribution is 7.99. The number of para-hydroxylation sites is 1. The molecule has 42 nitrogen and oxygen atoms in total. The van der Waals surface area contributed by atoms with Crippen molar-refractivity contribution < 1.29 is 102 Å². The fraction of sp³-hybridized carbons (Fsp3) is 0.541. The monoisotopic (exact) mass is 1840 g/mol. The summed E-state index contributed by atoms with van der Waals surface area (Å²) in [6.07, 6.45) is -0.983. The summed E-state index contributed by atoms with van der Waals surface area (Å²) >= 11 is 4.91. The molecule has 7 rings (SSSR count).